The van der Waals surface area contributed by atoms with Crippen molar-refractivity contribution in [3.05, 3.63) is 12.0 Å². The number of carbonyl (C=O) groups excluding carboxylic acids is 1. The molecular weight excluding hydrogens is 212 g/mol. The smallest absolute Gasteiger partial charge is 0.358 e. The first-order valence-corrected chi connectivity index (χ1v) is 4.72. The molecule has 1 heterocycles. The van der Waals surface area contributed by atoms with Gasteiger partial charge < -0.3 is 9.72 Å². The average Bonchev–Trinajstić information content (AvgIpc) is 2.74. The van der Waals surface area contributed by atoms with Crippen LogP contribution in [0.15, 0.2) is 16.7 Å². The summed E-state index contributed by atoms with van der Waals surface area (Å²) in [7, 11) is 3.36. The largest absolute Gasteiger partial charge is 0.461 e. The normalized spacial score (nSPS) is 10.7. The van der Waals surface area contributed by atoms with Crippen molar-refractivity contribution in [2.45, 2.75) is 6.92 Å². The number of hydrogen-bond acceptors (Lipinski definition) is 6. The van der Waals surface area contributed by atoms with Crippen molar-refractivity contribution >= 4 is 11.8 Å². The first-order chi connectivity index (χ1) is 7.69. The Morgan fingerprint density at radius 3 is 3.12 bits per heavy atom. The SMILES string of the molecule is CCOC(=O)c1[nH]cnc1N=NN(C)NC. The number of aromatic nitrogens is 2. The van der Waals surface area contributed by atoms with E-state index in [1.165, 1.54) is 11.4 Å². The number of imidazole rings is 1. The summed E-state index contributed by atoms with van der Waals surface area (Å²) in [6.45, 7) is 2.02. The molecule has 88 valence electrons. The molecule has 1 aromatic heterocycles. The number of nitrogens with zero attached hydrogens (tertiary/aromatic N) is 4. The fraction of sp³-hybridized carbons (Fsp3) is 0.500. The van der Waals surface area contributed by atoms with Gasteiger partial charge >= 0.3 is 5.97 Å². The van der Waals surface area contributed by atoms with Crippen molar-refractivity contribution in [1.29, 1.82) is 0 Å². The summed E-state index contributed by atoms with van der Waals surface area (Å²) in [5, 5.41) is 8.91. The molecule has 0 aliphatic rings. The van der Waals surface area contributed by atoms with Gasteiger partial charge in [0.1, 0.15) is 0 Å². The van der Waals surface area contributed by atoms with E-state index in [0.29, 0.717) is 6.61 Å². The lowest BCUT2D eigenvalue weighted by molar-refractivity contribution is 0.0521. The summed E-state index contributed by atoms with van der Waals surface area (Å²) < 4.78 is 4.82. The van der Waals surface area contributed by atoms with Crippen LogP contribution in [0.25, 0.3) is 0 Å². The fourth-order valence-electron chi connectivity index (χ4n) is 0.871. The molecular formula is C8H14N6O2. The van der Waals surface area contributed by atoms with E-state index in [-0.39, 0.29) is 11.5 Å². The van der Waals surface area contributed by atoms with Crippen LogP contribution in [0.4, 0.5) is 5.82 Å². The molecule has 0 aromatic carbocycles. The van der Waals surface area contributed by atoms with Crippen LogP contribution in [0.5, 0.6) is 0 Å². The first kappa shape index (κ1) is 12.1. The zero-order valence-electron chi connectivity index (χ0n) is 9.39. The van der Waals surface area contributed by atoms with E-state index in [0.717, 1.165) is 0 Å². The maximum absolute atomic E-state index is 11.4. The molecule has 1 rings (SSSR count). The predicted octanol–water partition coefficient (Wildman–Crippen LogP) is 0.651. The van der Waals surface area contributed by atoms with Crippen LogP contribution >= 0.6 is 0 Å². The highest BCUT2D eigenvalue weighted by molar-refractivity contribution is 5.91. The Bertz CT molecular complexity index is 374. The van der Waals surface area contributed by atoms with Crippen molar-refractivity contribution in [2.24, 2.45) is 10.3 Å². The van der Waals surface area contributed by atoms with Gasteiger partial charge in [-0.05, 0) is 6.92 Å². The molecule has 1 aromatic rings. The number of hydrazine groups is 1. The van der Waals surface area contributed by atoms with Crippen LogP contribution in [-0.2, 0) is 4.74 Å². The van der Waals surface area contributed by atoms with Crippen molar-refractivity contribution in [2.75, 3.05) is 20.7 Å². The van der Waals surface area contributed by atoms with Gasteiger partial charge in [0, 0.05) is 14.1 Å². The summed E-state index contributed by atoms with van der Waals surface area (Å²) in [5.74, 6) is -0.304. The average molecular weight is 226 g/mol. The van der Waals surface area contributed by atoms with Crippen LogP contribution in [0, 0.1) is 0 Å². The van der Waals surface area contributed by atoms with Crippen molar-refractivity contribution in [1.82, 2.24) is 20.5 Å². The van der Waals surface area contributed by atoms with E-state index in [1.54, 1.807) is 21.0 Å². The fourth-order valence-corrected chi connectivity index (χ4v) is 0.871. The molecule has 0 amide bonds. The zero-order chi connectivity index (χ0) is 12.0. The Hall–Kier alpha value is -1.96. The third-order valence-electron chi connectivity index (χ3n) is 1.70. The highest BCUT2D eigenvalue weighted by Gasteiger charge is 2.15. The first-order valence-electron chi connectivity index (χ1n) is 4.72. The number of esters is 1. The summed E-state index contributed by atoms with van der Waals surface area (Å²) in [6.07, 6.45) is 1.36. The lowest BCUT2D eigenvalue weighted by atomic mass is 10.4. The Balaban J connectivity index is 2.78. The number of nitrogens with one attached hydrogen (secondary N) is 2. The van der Waals surface area contributed by atoms with Crippen molar-refractivity contribution in [3.63, 3.8) is 0 Å². The third-order valence-corrected chi connectivity index (χ3v) is 1.70. The van der Waals surface area contributed by atoms with Gasteiger partial charge in [0.2, 0.25) is 5.82 Å². The van der Waals surface area contributed by atoms with E-state index < -0.39 is 5.97 Å². The molecule has 8 heteroatoms. The molecule has 2 N–H and O–H groups in total. The number of hydrogen-bond donors (Lipinski definition) is 2. The maximum atomic E-state index is 11.4. The highest BCUT2D eigenvalue weighted by Crippen LogP contribution is 2.15. The summed E-state index contributed by atoms with van der Waals surface area (Å²) in [6, 6.07) is 0. The van der Waals surface area contributed by atoms with E-state index in [9.17, 15) is 4.79 Å². The Morgan fingerprint density at radius 1 is 1.75 bits per heavy atom. The Morgan fingerprint density at radius 2 is 2.50 bits per heavy atom. The van der Waals surface area contributed by atoms with Crippen LogP contribution < -0.4 is 5.43 Å². The van der Waals surface area contributed by atoms with Gasteiger partial charge in [0.05, 0.1) is 12.9 Å². The molecule has 0 atom stereocenters. The standard InChI is InChI=1S/C8H14N6O2/c1-4-16-8(15)6-7(11-5-10-6)12-13-14(3)9-2/h5,9H,4H2,1-3H3,(H,10,11). The van der Waals surface area contributed by atoms with E-state index in [2.05, 4.69) is 25.7 Å². The number of aromatic amines is 1. The van der Waals surface area contributed by atoms with Crippen molar-refractivity contribution in [3.8, 4) is 0 Å². The quantitative estimate of drug-likeness (QED) is 0.436. The molecule has 0 radical (unpaired) electrons. The van der Waals surface area contributed by atoms with Crippen LogP contribution in [0.2, 0.25) is 0 Å². The minimum Gasteiger partial charge on any atom is -0.461 e. The molecule has 0 saturated heterocycles. The minimum atomic E-state index is -0.499. The van der Waals surface area contributed by atoms with Gasteiger partial charge in [0.15, 0.2) is 5.69 Å². The summed E-state index contributed by atoms with van der Waals surface area (Å²) in [5.41, 5.74) is 2.91. The highest BCUT2D eigenvalue weighted by atomic mass is 16.5. The van der Waals surface area contributed by atoms with E-state index in [4.69, 9.17) is 4.74 Å². The topological polar surface area (TPSA) is 95.0 Å². The van der Waals surface area contributed by atoms with Crippen LogP contribution in [0.3, 0.4) is 0 Å². The van der Waals surface area contributed by atoms with Crippen LogP contribution in [0.1, 0.15) is 17.4 Å². The second kappa shape index (κ2) is 5.81. The number of ether oxygens (including phenoxy) is 1. The van der Waals surface area contributed by atoms with Gasteiger partial charge in [-0.2, -0.15) is 0 Å². The zero-order valence-corrected chi connectivity index (χ0v) is 9.39. The molecule has 0 saturated carbocycles. The van der Waals surface area contributed by atoms with Gasteiger partial charge in [-0.3, -0.25) is 0 Å². The lowest BCUT2D eigenvalue weighted by Crippen LogP contribution is -2.24. The minimum absolute atomic E-state index is 0.190. The molecule has 0 unspecified atom stereocenters. The second-order valence-corrected chi connectivity index (χ2v) is 2.76. The summed E-state index contributed by atoms with van der Waals surface area (Å²) >= 11 is 0. The lowest BCUT2D eigenvalue weighted by Gasteiger charge is -2.06. The van der Waals surface area contributed by atoms with E-state index in [1.807, 2.05) is 0 Å². The number of H-pyrrole nitrogens is 1. The number of carbonyl (C=O) groups is 1. The van der Waals surface area contributed by atoms with Gasteiger partial charge in [0.25, 0.3) is 0 Å². The Labute approximate surface area is 92.7 Å². The molecule has 0 aliphatic carbocycles. The third kappa shape index (κ3) is 3.02. The maximum Gasteiger partial charge on any atom is 0.358 e. The number of rotatable bonds is 5. The predicted molar refractivity (Wildman–Crippen MR) is 55.9 cm³/mol. The monoisotopic (exact) mass is 226 g/mol. The summed E-state index contributed by atoms with van der Waals surface area (Å²) in [4.78, 5) is 17.9. The molecule has 0 aliphatic heterocycles. The molecule has 0 bridgehead atoms. The van der Waals surface area contributed by atoms with Gasteiger partial charge in [-0.15, -0.1) is 5.11 Å². The molecule has 8 nitrogen and oxygen atoms in total. The van der Waals surface area contributed by atoms with Crippen LogP contribution in [-0.4, -0.2) is 41.8 Å². The van der Waals surface area contributed by atoms with Crippen molar-refractivity contribution < 1.29 is 9.53 Å². The molecule has 0 fully saturated rings. The van der Waals surface area contributed by atoms with Gasteiger partial charge in [-0.25, -0.2) is 20.3 Å². The second-order valence-electron chi connectivity index (χ2n) is 2.76. The molecule has 0 spiro atoms. The Kier molecular flexibility index (Phi) is 4.40. The van der Waals surface area contributed by atoms with E-state index >= 15 is 0 Å². The van der Waals surface area contributed by atoms with Gasteiger partial charge in [-0.1, -0.05) is 5.22 Å². The molecule has 16 heavy (non-hydrogen) atoms.